The number of methoxy groups -OCH3 is 1. The van der Waals surface area contributed by atoms with Crippen LogP contribution in [0.3, 0.4) is 0 Å². The van der Waals surface area contributed by atoms with Gasteiger partial charge in [0.1, 0.15) is 6.04 Å². The second-order valence-corrected chi connectivity index (χ2v) is 4.63. The fourth-order valence-corrected chi connectivity index (χ4v) is 2.31. The first-order valence-corrected chi connectivity index (χ1v) is 6.46. The molecule has 108 valence electrons. The van der Waals surface area contributed by atoms with Gasteiger partial charge in [-0.15, -0.1) is 0 Å². The number of hydrogen-bond donors (Lipinski definition) is 1. The Bertz CT molecular complexity index is 533. The van der Waals surface area contributed by atoms with Gasteiger partial charge in [0.2, 0.25) is 11.8 Å². The van der Waals surface area contributed by atoms with Crippen LogP contribution in [0.2, 0.25) is 0 Å². The van der Waals surface area contributed by atoms with Crippen molar-refractivity contribution in [3.8, 4) is 5.75 Å². The van der Waals surface area contributed by atoms with Crippen molar-refractivity contribution in [1.82, 2.24) is 10.2 Å². The smallest absolute Gasteiger partial charge is 0.243 e. The number of piperazine rings is 1. The Hall–Kier alpha value is -2.11. The van der Waals surface area contributed by atoms with Crippen LogP contribution in [0.15, 0.2) is 18.2 Å². The van der Waals surface area contributed by atoms with E-state index in [1.807, 2.05) is 6.92 Å². The van der Waals surface area contributed by atoms with Gasteiger partial charge in [0.25, 0.3) is 0 Å². The Kier molecular flexibility index (Phi) is 4.22. The summed E-state index contributed by atoms with van der Waals surface area (Å²) in [6, 6.07) is 4.03. The van der Waals surface area contributed by atoms with E-state index in [2.05, 4.69) is 5.32 Å². The Labute approximate surface area is 116 Å². The molecule has 2 rings (SSSR count). The van der Waals surface area contributed by atoms with Crippen molar-refractivity contribution in [2.45, 2.75) is 25.9 Å². The van der Waals surface area contributed by atoms with Crippen molar-refractivity contribution >= 4 is 11.8 Å². The molecule has 6 heteroatoms. The zero-order chi connectivity index (χ0) is 14.7. The standard InChI is InChI=1S/C14H17FN2O3/c1-3-11-14(19)16-7-13(18)17(11)8-9-4-5-12(20-2)10(15)6-9/h4-6,11H,3,7-8H2,1-2H3,(H,16,19). The predicted molar refractivity (Wildman–Crippen MR) is 70.6 cm³/mol. The molecule has 1 aromatic rings. The third-order valence-electron chi connectivity index (χ3n) is 3.37. The highest BCUT2D eigenvalue weighted by atomic mass is 19.1. The maximum Gasteiger partial charge on any atom is 0.243 e. The summed E-state index contributed by atoms with van der Waals surface area (Å²) < 4.78 is 18.5. The van der Waals surface area contributed by atoms with Crippen LogP contribution >= 0.6 is 0 Å². The van der Waals surface area contributed by atoms with E-state index in [1.165, 1.54) is 24.1 Å². The molecule has 2 amide bonds. The summed E-state index contributed by atoms with van der Waals surface area (Å²) in [6.45, 7) is 2.05. The topological polar surface area (TPSA) is 58.6 Å². The summed E-state index contributed by atoms with van der Waals surface area (Å²) in [4.78, 5) is 25.1. The molecule has 1 heterocycles. The van der Waals surface area contributed by atoms with Gasteiger partial charge in [-0.25, -0.2) is 4.39 Å². The Morgan fingerprint density at radius 3 is 2.80 bits per heavy atom. The van der Waals surface area contributed by atoms with Crippen molar-refractivity contribution in [1.29, 1.82) is 0 Å². The van der Waals surface area contributed by atoms with E-state index < -0.39 is 11.9 Å². The van der Waals surface area contributed by atoms with Gasteiger partial charge >= 0.3 is 0 Å². The molecule has 1 aromatic carbocycles. The highest BCUT2D eigenvalue weighted by Gasteiger charge is 2.32. The number of nitrogens with one attached hydrogen (secondary N) is 1. The summed E-state index contributed by atoms with van der Waals surface area (Å²) in [7, 11) is 1.39. The Morgan fingerprint density at radius 2 is 2.20 bits per heavy atom. The number of ether oxygens (including phenoxy) is 1. The highest BCUT2D eigenvalue weighted by Crippen LogP contribution is 2.20. The minimum absolute atomic E-state index is 0.00598. The third-order valence-corrected chi connectivity index (χ3v) is 3.37. The van der Waals surface area contributed by atoms with E-state index >= 15 is 0 Å². The second-order valence-electron chi connectivity index (χ2n) is 4.63. The maximum absolute atomic E-state index is 13.6. The van der Waals surface area contributed by atoms with Gasteiger partial charge in [-0.3, -0.25) is 9.59 Å². The second kappa shape index (κ2) is 5.90. The molecule has 0 radical (unpaired) electrons. The van der Waals surface area contributed by atoms with Crippen molar-refractivity contribution in [3.05, 3.63) is 29.6 Å². The molecule has 0 spiro atoms. The van der Waals surface area contributed by atoms with Gasteiger partial charge in [0.15, 0.2) is 11.6 Å². The van der Waals surface area contributed by atoms with Crippen molar-refractivity contribution in [2.24, 2.45) is 0 Å². The van der Waals surface area contributed by atoms with Crippen molar-refractivity contribution in [3.63, 3.8) is 0 Å². The van der Waals surface area contributed by atoms with Crippen LogP contribution in [-0.4, -0.2) is 36.4 Å². The van der Waals surface area contributed by atoms with Gasteiger partial charge in [0.05, 0.1) is 13.7 Å². The SMILES string of the molecule is CCC1C(=O)NCC(=O)N1Cc1ccc(OC)c(F)c1. The zero-order valence-electron chi connectivity index (χ0n) is 11.5. The molecule has 1 saturated heterocycles. The molecule has 0 aromatic heterocycles. The monoisotopic (exact) mass is 280 g/mol. The lowest BCUT2D eigenvalue weighted by Gasteiger charge is -2.34. The summed E-state index contributed by atoms with van der Waals surface area (Å²) in [5.41, 5.74) is 0.629. The van der Waals surface area contributed by atoms with Crippen LogP contribution in [-0.2, 0) is 16.1 Å². The lowest BCUT2D eigenvalue weighted by Crippen LogP contribution is -2.57. The molecule has 5 nitrogen and oxygen atoms in total. The molecule has 1 N–H and O–H groups in total. The molecule has 20 heavy (non-hydrogen) atoms. The van der Waals surface area contributed by atoms with Crippen LogP contribution in [0.5, 0.6) is 5.75 Å². The molecular weight excluding hydrogens is 263 g/mol. The van der Waals surface area contributed by atoms with Crippen LogP contribution in [0.4, 0.5) is 4.39 Å². The summed E-state index contributed by atoms with van der Waals surface area (Å²) in [6.07, 6.45) is 0.524. The predicted octanol–water partition coefficient (Wildman–Crippen LogP) is 1.07. The van der Waals surface area contributed by atoms with Gasteiger partial charge in [0, 0.05) is 6.54 Å². The Balaban J connectivity index is 2.20. The average Bonchev–Trinajstić information content (AvgIpc) is 2.43. The molecular formula is C14H17FN2O3. The van der Waals surface area contributed by atoms with Gasteiger partial charge in [-0.1, -0.05) is 13.0 Å². The van der Waals surface area contributed by atoms with E-state index in [9.17, 15) is 14.0 Å². The zero-order valence-corrected chi connectivity index (χ0v) is 11.5. The number of carbonyl (C=O) groups is 2. The number of benzene rings is 1. The fraction of sp³-hybridized carbons (Fsp3) is 0.429. The molecule has 1 fully saturated rings. The number of amides is 2. The first-order valence-electron chi connectivity index (χ1n) is 6.46. The molecule has 1 aliphatic rings. The van der Waals surface area contributed by atoms with Gasteiger partial charge in [-0.05, 0) is 24.1 Å². The number of halogens is 1. The Morgan fingerprint density at radius 1 is 1.45 bits per heavy atom. The van der Waals surface area contributed by atoms with Crippen LogP contribution in [0.25, 0.3) is 0 Å². The van der Waals surface area contributed by atoms with Crippen molar-refractivity contribution in [2.75, 3.05) is 13.7 Å². The lowest BCUT2D eigenvalue weighted by molar-refractivity contribution is -0.146. The van der Waals surface area contributed by atoms with E-state index in [-0.39, 0.29) is 30.7 Å². The van der Waals surface area contributed by atoms with Gasteiger partial charge in [-0.2, -0.15) is 0 Å². The molecule has 1 atom stereocenters. The van der Waals surface area contributed by atoms with Crippen LogP contribution in [0.1, 0.15) is 18.9 Å². The normalized spacial score (nSPS) is 18.9. The number of carbonyl (C=O) groups excluding carboxylic acids is 2. The average molecular weight is 280 g/mol. The van der Waals surface area contributed by atoms with Crippen LogP contribution < -0.4 is 10.1 Å². The van der Waals surface area contributed by atoms with Crippen LogP contribution in [0, 0.1) is 5.82 Å². The van der Waals surface area contributed by atoms with Gasteiger partial charge < -0.3 is 15.0 Å². The first-order chi connectivity index (χ1) is 9.56. The molecule has 0 saturated carbocycles. The molecule has 1 unspecified atom stereocenters. The van der Waals surface area contributed by atoms with E-state index in [0.717, 1.165) is 0 Å². The summed E-state index contributed by atoms with van der Waals surface area (Å²) in [5.74, 6) is -0.649. The van der Waals surface area contributed by atoms with E-state index in [0.29, 0.717) is 12.0 Å². The third kappa shape index (κ3) is 2.74. The quantitative estimate of drug-likeness (QED) is 0.897. The molecule has 0 bridgehead atoms. The summed E-state index contributed by atoms with van der Waals surface area (Å²) in [5, 5.41) is 2.55. The number of rotatable bonds is 4. The largest absolute Gasteiger partial charge is 0.494 e. The minimum Gasteiger partial charge on any atom is -0.494 e. The van der Waals surface area contributed by atoms with E-state index in [1.54, 1.807) is 6.07 Å². The summed E-state index contributed by atoms with van der Waals surface area (Å²) >= 11 is 0. The number of hydrogen-bond acceptors (Lipinski definition) is 3. The highest BCUT2D eigenvalue weighted by molar-refractivity contribution is 5.94. The van der Waals surface area contributed by atoms with E-state index in [4.69, 9.17) is 4.74 Å². The molecule has 0 aliphatic carbocycles. The number of nitrogens with zero attached hydrogens (tertiary/aromatic N) is 1. The molecule has 1 aliphatic heterocycles. The first kappa shape index (κ1) is 14.3. The maximum atomic E-state index is 13.6. The van der Waals surface area contributed by atoms with Crippen molar-refractivity contribution < 1.29 is 18.7 Å². The fourth-order valence-electron chi connectivity index (χ4n) is 2.31. The minimum atomic E-state index is -0.499. The lowest BCUT2D eigenvalue weighted by atomic mass is 10.1.